The van der Waals surface area contributed by atoms with Gasteiger partial charge in [0.05, 0.1) is 6.10 Å². The maximum Gasteiger partial charge on any atom is 0.164 e. The van der Waals surface area contributed by atoms with Gasteiger partial charge in [-0.1, -0.05) is 26.0 Å². The Kier molecular flexibility index (Phi) is 4.83. The average molecular weight is 229 g/mol. The van der Waals surface area contributed by atoms with Crippen LogP contribution in [0, 0.1) is 17.6 Å². The van der Waals surface area contributed by atoms with E-state index in [4.69, 9.17) is 0 Å². The summed E-state index contributed by atoms with van der Waals surface area (Å²) in [6.45, 7) is 5.01. The van der Waals surface area contributed by atoms with E-state index in [2.05, 4.69) is 5.32 Å². The molecule has 16 heavy (non-hydrogen) atoms. The average Bonchev–Trinajstić information content (AvgIpc) is 2.21. The van der Waals surface area contributed by atoms with Gasteiger partial charge in [-0.2, -0.15) is 0 Å². The molecule has 0 saturated heterocycles. The van der Waals surface area contributed by atoms with Crippen LogP contribution in [-0.4, -0.2) is 18.2 Å². The van der Waals surface area contributed by atoms with Crippen molar-refractivity contribution in [2.24, 2.45) is 5.92 Å². The molecule has 0 aromatic heterocycles. The van der Waals surface area contributed by atoms with Crippen molar-refractivity contribution in [3.8, 4) is 0 Å². The lowest BCUT2D eigenvalue weighted by Gasteiger charge is -2.14. The zero-order valence-corrected chi connectivity index (χ0v) is 9.50. The van der Waals surface area contributed by atoms with Gasteiger partial charge in [0.2, 0.25) is 0 Å². The van der Waals surface area contributed by atoms with Gasteiger partial charge in [-0.3, -0.25) is 0 Å². The molecule has 1 aromatic carbocycles. The van der Waals surface area contributed by atoms with Crippen molar-refractivity contribution in [1.29, 1.82) is 0 Å². The van der Waals surface area contributed by atoms with E-state index in [-0.39, 0.29) is 12.1 Å². The number of aliphatic hydroxyl groups excluding tert-OH is 1. The number of rotatable bonds is 5. The summed E-state index contributed by atoms with van der Waals surface area (Å²) >= 11 is 0. The molecule has 0 aliphatic rings. The molecular formula is C12H17F2NO. The summed E-state index contributed by atoms with van der Waals surface area (Å²) in [5.74, 6) is -1.45. The first kappa shape index (κ1) is 13.1. The van der Waals surface area contributed by atoms with Gasteiger partial charge in [0, 0.05) is 12.1 Å². The maximum atomic E-state index is 13.3. The molecule has 0 aliphatic heterocycles. The fourth-order valence-electron chi connectivity index (χ4n) is 1.40. The lowest BCUT2D eigenvalue weighted by atomic mass is 10.1. The Morgan fingerprint density at radius 3 is 2.56 bits per heavy atom. The van der Waals surface area contributed by atoms with Gasteiger partial charge >= 0.3 is 0 Å². The Balaban J connectivity index is 2.59. The quantitative estimate of drug-likeness (QED) is 0.811. The highest BCUT2D eigenvalue weighted by Gasteiger charge is 2.15. The Morgan fingerprint density at radius 1 is 1.25 bits per heavy atom. The molecule has 1 rings (SSSR count). The maximum absolute atomic E-state index is 13.3. The molecule has 0 bridgehead atoms. The first-order chi connectivity index (χ1) is 7.52. The standard InChI is InChI=1S/C12H17F2NO/c1-8(2)6-15-7-11(16)9-4-3-5-10(13)12(9)14/h3-5,8,11,15-16H,6-7H2,1-2H3. The zero-order valence-electron chi connectivity index (χ0n) is 9.50. The molecule has 0 radical (unpaired) electrons. The monoisotopic (exact) mass is 229 g/mol. The summed E-state index contributed by atoms with van der Waals surface area (Å²) in [5, 5.41) is 12.7. The van der Waals surface area contributed by atoms with Crippen LogP contribution in [0.15, 0.2) is 18.2 Å². The normalized spacial score (nSPS) is 13.1. The molecule has 1 aromatic rings. The van der Waals surface area contributed by atoms with Crippen LogP contribution in [0.2, 0.25) is 0 Å². The Morgan fingerprint density at radius 2 is 1.94 bits per heavy atom. The molecule has 0 fully saturated rings. The molecule has 0 aliphatic carbocycles. The number of nitrogens with one attached hydrogen (secondary N) is 1. The third-order valence-electron chi connectivity index (χ3n) is 2.23. The van der Waals surface area contributed by atoms with E-state index in [9.17, 15) is 13.9 Å². The predicted molar refractivity (Wildman–Crippen MR) is 59.0 cm³/mol. The number of halogens is 2. The van der Waals surface area contributed by atoms with Gasteiger partial charge in [0.1, 0.15) is 0 Å². The van der Waals surface area contributed by atoms with E-state index in [1.807, 2.05) is 13.8 Å². The van der Waals surface area contributed by atoms with Crippen molar-refractivity contribution in [3.63, 3.8) is 0 Å². The highest BCUT2D eigenvalue weighted by atomic mass is 19.2. The number of aliphatic hydroxyl groups is 1. The molecule has 0 heterocycles. The lowest BCUT2D eigenvalue weighted by Crippen LogP contribution is -2.25. The molecule has 1 unspecified atom stereocenters. The van der Waals surface area contributed by atoms with Crippen LogP contribution in [0.1, 0.15) is 25.5 Å². The summed E-state index contributed by atoms with van der Waals surface area (Å²) in [5.41, 5.74) is -0.00347. The number of hydrogen-bond acceptors (Lipinski definition) is 2. The first-order valence-electron chi connectivity index (χ1n) is 5.35. The molecule has 2 N–H and O–H groups in total. The number of hydrogen-bond donors (Lipinski definition) is 2. The summed E-state index contributed by atoms with van der Waals surface area (Å²) in [6.07, 6.45) is -1.02. The van der Waals surface area contributed by atoms with Crippen LogP contribution in [0.25, 0.3) is 0 Å². The van der Waals surface area contributed by atoms with Crippen molar-refractivity contribution in [1.82, 2.24) is 5.32 Å². The summed E-state index contributed by atoms with van der Waals surface area (Å²) in [6, 6.07) is 3.81. The molecule has 90 valence electrons. The molecule has 1 atom stereocenters. The van der Waals surface area contributed by atoms with Gasteiger partial charge in [0.25, 0.3) is 0 Å². The van der Waals surface area contributed by atoms with Gasteiger partial charge < -0.3 is 10.4 Å². The highest BCUT2D eigenvalue weighted by molar-refractivity contribution is 5.21. The summed E-state index contributed by atoms with van der Waals surface area (Å²) in [7, 11) is 0. The minimum absolute atomic E-state index is 0.00347. The van der Waals surface area contributed by atoms with Gasteiger partial charge in [0.15, 0.2) is 11.6 Å². The Bertz CT molecular complexity index is 342. The lowest BCUT2D eigenvalue weighted by molar-refractivity contribution is 0.167. The Labute approximate surface area is 94.3 Å². The van der Waals surface area contributed by atoms with E-state index in [0.717, 1.165) is 12.6 Å². The highest BCUT2D eigenvalue weighted by Crippen LogP contribution is 2.18. The fraction of sp³-hybridized carbons (Fsp3) is 0.500. The van der Waals surface area contributed by atoms with E-state index in [1.165, 1.54) is 12.1 Å². The van der Waals surface area contributed by atoms with Crippen LogP contribution < -0.4 is 5.32 Å². The second kappa shape index (κ2) is 5.92. The van der Waals surface area contributed by atoms with Crippen molar-refractivity contribution < 1.29 is 13.9 Å². The third-order valence-corrected chi connectivity index (χ3v) is 2.23. The third kappa shape index (κ3) is 3.54. The van der Waals surface area contributed by atoms with E-state index < -0.39 is 17.7 Å². The zero-order chi connectivity index (χ0) is 12.1. The minimum Gasteiger partial charge on any atom is -0.387 e. The van der Waals surface area contributed by atoms with Crippen molar-refractivity contribution in [2.75, 3.05) is 13.1 Å². The largest absolute Gasteiger partial charge is 0.387 e. The van der Waals surface area contributed by atoms with Crippen molar-refractivity contribution in [2.45, 2.75) is 20.0 Å². The first-order valence-corrected chi connectivity index (χ1v) is 5.35. The summed E-state index contributed by atoms with van der Waals surface area (Å²) in [4.78, 5) is 0. The number of benzene rings is 1. The predicted octanol–water partition coefficient (Wildman–Crippen LogP) is 2.24. The topological polar surface area (TPSA) is 32.3 Å². The van der Waals surface area contributed by atoms with Gasteiger partial charge in [-0.25, -0.2) is 8.78 Å². The van der Waals surface area contributed by atoms with E-state index in [1.54, 1.807) is 0 Å². The van der Waals surface area contributed by atoms with E-state index in [0.29, 0.717) is 5.92 Å². The van der Waals surface area contributed by atoms with Crippen LogP contribution in [-0.2, 0) is 0 Å². The second-order valence-corrected chi connectivity index (χ2v) is 4.21. The smallest absolute Gasteiger partial charge is 0.164 e. The minimum atomic E-state index is -1.02. The van der Waals surface area contributed by atoms with Crippen LogP contribution >= 0.6 is 0 Å². The second-order valence-electron chi connectivity index (χ2n) is 4.21. The Hall–Kier alpha value is -1.00. The molecule has 0 saturated carbocycles. The van der Waals surface area contributed by atoms with Crippen molar-refractivity contribution in [3.05, 3.63) is 35.4 Å². The van der Waals surface area contributed by atoms with Crippen molar-refractivity contribution >= 4 is 0 Å². The molecule has 4 heteroatoms. The van der Waals surface area contributed by atoms with Gasteiger partial charge in [-0.05, 0) is 18.5 Å². The van der Waals surface area contributed by atoms with E-state index >= 15 is 0 Å². The van der Waals surface area contributed by atoms with Gasteiger partial charge in [-0.15, -0.1) is 0 Å². The van der Waals surface area contributed by atoms with Crippen LogP contribution in [0.3, 0.4) is 0 Å². The SMILES string of the molecule is CC(C)CNCC(O)c1cccc(F)c1F. The molecular weight excluding hydrogens is 212 g/mol. The van der Waals surface area contributed by atoms with Crippen LogP contribution in [0.5, 0.6) is 0 Å². The molecule has 2 nitrogen and oxygen atoms in total. The fourth-order valence-corrected chi connectivity index (χ4v) is 1.40. The molecule has 0 spiro atoms. The summed E-state index contributed by atoms with van der Waals surface area (Å²) < 4.78 is 26.2. The van der Waals surface area contributed by atoms with Crippen LogP contribution in [0.4, 0.5) is 8.78 Å². The molecule has 0 amide bonds.